The minimum atomic E-state index is -3.45. The molecule has 0 aromatic heterocycles. The Morgan fingerprint density at radius 3 is 2.43 bits per heavy atom. The fraction of sp³-hybridized carbons (Fsp3) is 0.600. The molecule has 0 aliphatic rings. The fourth-order valence-corrected chi connectivity index (χ4v) is 3.03. The lowest BCUT2D eigenvalue weighted by molar-refractivity contribution is 0.588. The lowest BCUT2D eigenvalue weighted by Gasteiger charge is -2.30. The predicted molar refractivity (Wildman–Crippen MR) is 89.1 cm³/mol. The Labute approximate surface area is 128 Å². The molecule has 0 spiro atoms. The van der Waals surface area contributed by atoms with E-state index in [9.17, 15) is 8.42 Å². The first-order valence-corrected chi connectivity index (χ1v) is 8.91. The third-order valence-electron chi connectivity index (χ3n) is 3.51. The number of anilines is 2. The maximum absolute atomic E-state index is 11.8. The molecule has 0 aliphatic carbocycles. The quantitative estimate of drug-likeness (QED) is 0.571. The highest BCUT2D eigenvalue weighted by Crippen LogP contribution is 2.28. The molecule has 6 heteroatoms. The van der Waals surface area contributed by atoms with E-state index >= 15 is 0 Å². The molecule has 1 aromatic rings. The van der Waals surface area contributed by atoms with Crippen molar-refractivity contribution in [2.24, 2.45) is 0 Å². The molecular formula is C15H27N3O2S. The highest BCUT2D eigenvalue weighted by Gasteiger charge is 2.17. The summed E-state index contributed by atoms with van der Waals surface area (Å²) in [4.78, 5) is 2.42. The molecule has 1 aromatic carbocycles. The van der Waals surface area contributed by atoms with E-state index in [1.165, 1.54) is 26.0 Å². The first-order valence-electron chi connectivity index (χ1n) is 7.43. The summed E-state index contributed by atoms with van der Waals surface area (Å²) in [6.07, 6.45) is 3.45. The second kappa shape index (κ2) is 7.66. The third-order valence-corrected chi connectivity index (χ3v) is 4.93. The number of sulfonamides is 1. The van der Waals surface area contributed by atoms with Crippen molar-refractivity contribution in [2.75, 3.05) is 24.2 Å². The molecule has 5 nitrogen and oxygen atoms in total. The van der Waals surface area contributed by atoms with E-state index in [0.29, 0.717) is 11.7 Å². The maximum Gasteiger partial charge on any atom is 0.240 e. The van der Waals surface area contributed by atoms with Gasteiger partial charge in [0.25, 0.3) is 0 Å². The Bertz CT molecular complexity index is 556. The van der Waals surface area contributed by atoms with Crippen molar-refractivity contribution < 1.29 is 8.42 Å². The van der Waals surface area contributed by atoms with Crippen LogP contribution in [0.15, 0.2) is 23.1 Å². The van der Waals surface area contributed by atoms with Crippen LogP contribution < -0.4 is 15.4 Å². The number of hydrogen-bond donors (Lipinski definition) is 2. The van der Waals surface area contributed by atoms with Gasteiger partial charge in [-0.05, 0) is 45.5 Å². The summed E-state index contributed by atoms with van der Waals surface area (Å²) in [5.74, 6) is 0. The van der Waals surface area contributed by atoms with E-state index in [2.05, 4.69) is 30.4 Å². The lowest BCUT2D eigenvalue weighted by Crippen LogP contribution is -2.32. The standard InChI is InChI=1S/C15H27N3O2S/c1-5-6-7-10-18(12(2)3)15-9-8-13(11-14(15)16)21(19,20)17-4/h8-9,11-12,17H,5-7,10,16H2,1-4H3. The molecule has 0 unspecified atom stereocenters. The van der Waals surface area contributed by atoms with Crippen molar-refractivity contribution >= 4 is 21.4 Å². The Hall–Kier alpha value is -1.27. The first kappa shape index (κ1) is 17.8. The fourth-order valence-electron chi connectivity index (χ4n) is 2.27. The number of hydrogen-bond acceptors (Lipinski definition) is 4. The molecular weight excluding hydrogens is 286 g/mol. The van der Waals surface area contributed by atoms with E-state index in [0.717, 1.165) is 18.7 Å². The smallest absolute Gasteiger partial charge is 0.240 e. The Kier molecular flexibility index (Phi) is 6.48. The highest BCUT2D eigenvalue weighted by molar-refractivity contribution is 7.89. The number of nitrogens with one attached hydrogen (secondary N) is 1. The zero-order chi connectivity index (χ0) is 16.0. The molecule has 0 radical (unpaired) electrons. The molecule has 1 rings (SSSR count). The van der Waals surface area contributed by atoms with E-state index in [1.54, 1.807) is 12.1 Å². The number of nitrogen functional groups attached to an aromatic ring is 1. The molecule has 3 N–H and O–H groups in total. The average Bonchev–Trinajstić information content (AvgIpc) is 2.44. The summed E-state index contributed by atoms with van der Waals surface area (Å²) < 4.78 is 25.9. The Morgan fingerprint density at radius 2 is 1.95 bits per heavy atom. The van der Waals surface area contributed by atoms with Gasteiger partial charge in [0, 0.05) is 12.6 Å². The summed E-state index contributed by atoms with van der Waals surface area (Å²) in [6.45, 7) is 7.33. The zero-order valence-electron chi connectivity index (χ0n) is 13.4. The summed E-state index contributed by atoms with van der Waals surface area (Å²) in [5, 5.41) is 0. The van der Waals surface area contributed by atoms with Crippen LogP contribution in [0.3, 0.4) is 0 Å². The Morgan fingerprint density at radius 1 is 1.29 bits per heavy atom. The number of nitrogens with zero attached hydrogens (tertiary/aromatic N) is 1. The zero-order valence-corrected chi connectivity index (χ0v) is 14.2. The van der Waals surface area contributed by atoms with Gasteiger partial charge in [0.1, 0.15) is 0 Å². The van der Waals surface area contributed by atoms with Gasteiger partial charge in [-0.3, -0.25) is 0 Å². The van der Waals surface area contributed by atoms with Crippen LogP contribution in [0.2, 0.25) is 0 Å². The monoisotopic (exact) mass is 313 g/mol. The summed E-state index contributed by atoms with van der Waals surface area (Å²) in [6, 6.07) is 5.24. The number of benzene rings is 1. The van der Waals surface area contributed by atoms with Gasteiger partial charge in [-0.2, -0.15) is 0 Å². The van der Waals surface area contributed by atoms with E-state index < -0.39 is 10.0 Å². The van der Waals surface area contributed by atoms with Crippen molar-refractivity contribution in [1.29, 1.82) is 0 Å². The molecule has 0 aliphatic heterocycles. The molecule has 0 heterocycles. The van der Waals surface area contributed by atoms with Crippen LogP contribution in [0.1, 0.15) is 40.0 Å². The van der Waals surface area contributed by atoms with Crippen LogP contribution >= 0.6 is 0 Å². The number of unbranched alkanes of at least 4 members (excludes halogenated alkanes) is 2. The van der Waals surface area contributed by atoms with E-state index in [-0.39, 0.29) is 4.90 Å². The van der Waals surface area contributed by atoms with Gasteiger partial charge < -0.3 is 10.6 Å². The predicted octanol–water partition coefficient (Wildman–Crippen LogP) is 2.58. The van der Waals surface area contributed by atoms with Gasteiger partial charge in [0.15, 0.2) is 0 Å². The normalized spacial score (nSPS) is 11.9. The lowest BCUT2D eigenvalue weighted by atomic mass is 10.1. The maximum atomic E-state index is 11.8. The van der Waals surface area contributed by atoms with E-state index in [1.807, 2.05) is 0 Å². The highest BCUT2D eigenvalue weighted by atomic mass is 32.2. The van der Waals surface area contributed by atoms with Crippen LogP contribution in [0.4, 0.5) is 11.4 Å². The summed E-state index contributed by atoms with van der Waals surface area (Å²) in [7, 11) is -2.06. The van der Waals surface area contributed by atoms with Crippen LogP contribution in [0.25, 0.3) is 0 Å². The van der Waals surface area contributed by atoms with Crippen molar-refractivity contribution in [3.05, 3.63) is 18.2 Å². The molecule has 0 atom stereocenters. The van der Waals surface area contributed by atoms with Crippen molar-refractivity contribution in [1.82, 2.24) is 4.72 Å². The van der Waals surface area contributed by atoms with Gasteiger partial charge in [0.05, 0.1) is 16.3 Å². The van der Waals surface area contributed by atoms with E-state index in [4.69, 9.17) is 5.73 Å². The number of rotatable bonds is 8. The van der Waals surface area contributed by atoms with Gasteiger partial charge in [-0.1, -0.05) is 19.8 Å². The van der Waals surface area contributed by atoms with Crippen molar-refractivity contribution in [3.8, 4) is 0 Å². The molecule has 0 amide bonds. The second-order valence-corrected chi connectivity index (χ2v) is 7.31. The van der Waals surface area contributed by atoms with Gasteiger partial charge >= 0.3 is 0 Å². The van der Waals surface area contributed by atoms with Crippen molar-refractivity contribution in [2.45, 2.75) is 51.0 Å². The number of nitrogens with two attached hydrogens (primary N) is 1. The van der Waals surface area contributed by atoms with Gasteiger partial charge in [0.2, 0.25) is 10.0 Å². The topological polar surface area (TPSA) is 75.4 Å². The molecule has 0 saturated carbocycles. The third kappa shape index (κ3) is 4.61. The Balaban J connectivity index is 3.05. The molecule has 0 fully saturated rings. The minimum Gasteiger partial charge on any atom is -0.397 e. The van der Waals surface area contributed by atoms with Gasteiger partial charge in [-0.25, -0.2) is 13.1 Å². The van der Waals surface area contributed by atoms with Crippen LogP contribution in [0, 0.1) is 0 Å². The van der Waals surface area contributed by atoms with Crippen LogP contribution in [0.5, 0.6) is 0 Å². The molecule has 0 saturated heterocycles. The molecule has 120 valence electrons. The SMILES string of the molecule is CCCCCN(c1ccc(S(=O)(=O)NC)cc1N)C(C)C. The largest absolute Gasteiger partial charge is 0.397 e. The minimum absolute atomic E-state index is 0.198. The average molecular weight is 313 g/mol. The van der Waals surface area contributed by atoms with Crippen LogP contribution in [-0.4, -0.2) is 28.1 Å². The second-order valence-electron chi connectivity index (χ2n) is 5.42. The first-order chi connectivity index (χ1) is 9.83. The summed E-state index contributed by atoms with van der Waals surface area (Å²) in [5.41, 5.74) is 7.48. The molecule has 0 bridgehead atoms. The van der Waals surface area contributed by atoms with Gasteiger partial charge in [-0.15, -0.1) is 0 Å². The van der Waals surface area contributed by atoms with Crippen molar-refractivity contribution in [3.63, 3.8) is 0 Å². The molecule has 21 heavy (non-hydrogen) atoms. The van der Waals surface area contributed by atoms with Crippen LogP contribution in [-0.2, 0) is 10.0 Å². The summed E-state index contributed by atoms with van der Waals surface area (Å²) >= 11 is 0.